The second kappa shape index (κ2) is 15.2. The van der Waals surface area contributed by atoms with Crippen LogP contribution in [-0.2, 0) is 0 Å². The third-order valence-corrected chi connectivity index (χ3v) is 8.93. The molecular weight excluding hydrogens is 528 g/mol. The van der Waals surface area contributed by atoms with Gasteiger partial charge in [-0.1, -0.05) is 129 Å². The molecule has 234 valence electrons. The van der Waals surface area contributed by atoms with Crippen molar-refractivity contribution in [3.05, 3.63) is 106 Å². The van der Waals surface area contributed by atoms with E-state index in [9.17, 15) is 15.3 Å². The summed E-state index contributed by atoms with van der Waals surface area (Å²) >= 11 is 0. The fraction of sp³-hybridized carbons (Fsp3) is 0.500. The van der Waals surface area contributed by atoms with Crippen molar-refractivity contribution < 1.29 is 15.3 Å². The zero-order valence-corrected chi connectivity index (χ0v) is 28.4. The lowest BCUT2D eigenvalue weighted by molar-refractivity contribution is -0.194. The SMILES string of the molecule is CC(C#CC1=C(C)CC(O)CC1(C)C)=CC=CC(C)=CC=CC=C(C)C=CC=C(C)C=CC1(O)C(C)(C)CCCC1(C)O. The van der Waals surface area contributed by atoms with Gasteiger partial charge in [0, 0.05) is 11.0 Å². The molecule has 0 radical (unpaired) electrons. The molecule has 1 saturated carbocycles. The molecule has 1 fully saturated rings. The first kappa shape index (κ1) is 36.3. The van der Waals surface area contributed by atoms with Crippen LogP contribution in [0.5, 0.6) is 0 Å². The molecule has 3 N–H and O–H groups in total. The van der Waals surface area contributed by atoms with E-state index in [0.29, 0.717) is 12.8 Å². The van der Waals surface area contributed by atoms with E-state index in [0.717, 1.165) is 47.1 Å². The number of hydrogen-bond donors (Lipinski definition) is 3. The lowest BCUT2D eigenvalue weighted by Crippen LogP contribution is -2.62. The maximum atomic E-state index is 11.4. The Labute approximate surface area is 262 Å². The molecule has 0 aromatic carbocycles. The maximum absolute atomic E-state index is 11.4. The van der Waals surface area contributed by atoms with Crippen LogP contribution in [0.2, 0.25) is 0 Å². The van der Waals surface area contributed by atoms with E-state index in [2.05, 4.69) is 70.8 Å². The summed E-state index contributed by atoms with van der Waals surface area (Å²) in [5, 5.41) is 32.4. The van der Waals surface area contributed by atoms with E-state index in [4.69, 9.17) is 0 Å². The highest BCUT2D eigenvalue weighted by atomic mass is 16.4. The van der Waals surface area contributed by atoms with E-state index in [-0.39, 0.29) is 11.5 Å². The van der Waals surface area contributed by atoms with Gasteiger partial charge in [-0.15, -0.1) is 0 Å². The molecular formula is C40H56O3. The third kappa shape index (κ3) is 10.4. The zero-order valence-electron chi connectivity index (χ0n) is 28.4. The summed E-state index contributed by atoms with van der Waals surface area (Å²) in [5.74, 6) is 6.66. The van der Waals surface area contributed by atoms with Crippen LogP contribution in [0.3, 0.4) is 0 Å². The quantitative estimate of drug-likeness (QED) is 0.197. The van der Waals surface area contributed by atoms with Gasteiger partial charge in [-0.25, -0.2) is 0 Å². The topological polar surface area (TPSA) is 60.7 Å². The molecule has 2 aliphatic carbocycles. The Morgan fingerprint density at radius 3 is 1.86 bits per heavy atom. The molecule has 2 aliphatic rings. The van der Waals surface area contributed by atoms with Crippen LogP contribution in [-0.4, -0.2) is 32.6 Å². The lowest BCUT2D eigenvalue weighted by Gasteiger charge is -2.53. The second-order valence-corrected chi connectivity index (χ2v) is 14.1. The van der Waals surface area contributed by atoms with Crippen molar-refractivity contribution in [2.45, 2.75) is 119 Å². The van der Waals surface area contributed by atoms with Gasteiger partial charge in [0.25, 0.3) is 0 Å². The molecule has 0 spiro atoms. The Bertz CT molecular complexity index is 1320. The van der Waals surface area contributed by atoms with E-state index < -0.39 is 16.6 Å². The predicted octanol–water partition coefficient (Wildman–Crippen LogP) is 9.19. The summed E-state index contributed by atoms with van der Waals surface area (Å²) in [6.45, 7) is 20.3. The third-order valence-electron chi connectivity index (χ3n) is 8.93. The van der Waals surface area contributed by atoms with Crippen LogP contribution in [0.15, 0.2) is 106 Å². The summed E-state index contributed by atoms with van der Waals surface area (Å²) in [7, 11) is 0. The van der Waals surface area contributed by atoms with Crippen molar-refractivity contribution >= 4 is 0 Å². The maximum Gasteiger partial charge on any atom is 0.116 e. The van der Waals surface area contributed by atoms with Crippen LogP contribution in [0.4, 0.5) is 0 Å². The van der Waals surface area contributed by atoms with Gasteiger partial charge in [-0.3, -0.25) is 0 Å². The Morgan fingerprint density at radius 2 is 1.30 bits per heavy atom. The molecule has 0 bridgehead atoms. The van der Waals surface area contributed by atoms with Gasteiger partial charge in [-0.2, -0.15) is 0 Å². The molecule has 0 aromatic rings. The minimum atomic E-state index is -1.27. The summed E-state index contributed by atoms with van der Waals surface area (Å²) in [6.07, 6.45) is 27.7. The van der Waals surface area contributed by atoms with E-state index in [1.165, 1.54) is 5.57 Å². The fourth-order valence-electron chi connectivity index (χ4n) is 6.19. The van der Waals surface area contributed by atoms with Crippen LogP contribution in [0.1, 0.15) is 101 Å². The first-order valence-electron chi connectivity index (χ1n) is 15.7. The van der Waals surface area contributed by atoms with Gasteiger partial charge in [0.1, 0.15) is 5.60 Å². The number of hydrogen-bond acceptors (Lipinski definition) is 3. The summed E-state index contributed by atoms with van der Waals surface area (Å²) in [4.78, 5) is 0. The summed E-state index contributed by atoms with van der Waals surface area (Å²) < 4.78 is 0. The number of rotatable bonds is 8. The standard InChI is InChI=1S/C40H56O3/c1-30(18-13-20-32(3)22-23-36-34(5)28-35(41)29-37(36,6)7)16-11-12-17-31(2)19-14-21-33(4)24-27-40(43)38(8,9)25-15-26-39(40,10)42/h11-14,16-21,24,27,35,41-43H,15,25-26,28-29H2,1-10H3. The Hall–Kier alpha value is -2.90. The molecule has 43 heavy (non-hydrogen) atoms. The highest BCUT2D eigenvalue weighted by Gasteiger charge is 2.56. The van der Waals surface area contributed by atoms with Crippen LogP contribution in [0, 0.1) is 22.7 Å². The number of allylic oxidation sites excluding steroid dienone is 16. The van der Waals surface area contributed by atoms with Gasteiger partial charge < -0.3 is 15.3 Å². The smallest absolute Gasteiger partial charge is 0.116 e. The molecule has 2 rings (SSSR count). The number of aliphatic hydroxyl groups is 3. The van der Waals surface area contributed by atoms with Gasteiger partial charge in [-0.05, 0) is 90.7 Å². The van der Waals surface area contributed by atoms with Gasteiger partial charge in [0.2, 0.25) is 0 Å². The van der Waals surface area contributed by atoms with Crippen molar-refractivity contribution in [3.63, 3.8) is 0 Å². The van der Waals surface area contributed by atoms with Crippen LogP contribution >= 0.6 is 0 Å². The monoisotopic (exact) mass is 584 g/mol. The average Bonchev–Trinajstić information content (AvgIpc) is 2.87. The van der Waals surface area contributed by atoms with Crippen molar-refractivity contribution in [2.75, 3.05) is 0 Å². The minimum Gasteiger partial charge on any atom is -0.393 e. The minimum absolute atomic E-state index is 0.0910. The molecule has 0 amide bonds. The first-order chi connectivity index (χ1) is 19.9. The average molecular weight is 585 g/mol. The molecule has 3 atom stereocenters. The van der Waals surface area contributed by atoms with Gasteiger partial charge >= 0.3 is 0 Å². The molecule has 0 aromatic heterocycles. The predicted molar refractivity (Wildman–Crippen MR) is 184 cm³/mol. The number of aliphatic hydroxyl groups excluding tert-OH is 1. The van der Waals surface area contributed by atoms with E-state index in [1.807, 2.05) is 70.2 Å². The fourth-order valence-corrected chi connectivity index (χ4v) is 6.19. The molecule has 3 unspecified atom stereocenters. The van der Waals surface area contributed by atoms with Crippen molar-refractivity contribution in [1.82, 2.24) is 0 Å². The molecule has 0 aliphatic heterocycles. The van der Waals surface area contributed by atoms with Crippen LogP contribution in [0.25, 0.3) is 0 Å². The van der Waals surface area contributed by atoms with Crippen molar-refractivity contribution in [3.8, 4) is 11.8 Å². The zero-order chi connectivity index (χ0) is 32.5. The summed E-state index contributed by atoms with van der Waals surface area (Å²) in [5.41, 5.74) is 3.74. The highest BCUT2D eigenvalue weighted by Crippen LogP contribution is 2.50. The van der Waals surface area contributed by atoms with Crippen molar-refractivity contribution in [1.29, 1.82) is 0 Å². The van der Waals surface area contributed by atoms with Crippen molar-refractivity contribution in [2.24, 2.45) is 10.8 Å². The van der Waals surface area contributed by atoms with E-state index >= 15 is 0 Å². The van der Waals surface area contributed by atoms with Crippen LogP contribution < -0.4 is 0 Å². The highest BCUT2D eigenvalue weighted by molar-refractivity contribution is 5.45. The Balaban J connectivity index is 1.95. The lowest BCUT2D eigenvalue weighted by atomic mass is 9.58. The summed E-state index contributed by atoms with van der Waals surface area (Å²) in [6, 6.07) is 0. The van der Waals surface area contributed by atoms with Gasteiger partial charge in [0.05, 0.1) is 11.7 Å². The Morgan fingerprint density at radius 1 is 0.767 bits per heavy atom. The largest absolute Gasteiger partial charge is 0.393 e. The molecule has 3 heteroatoms. The molecule has 0 heterocycles. The normalized spacial score (nSPS) is 29.3. The van der Waals surface area contributed by atoms with E-state index in [1.54, 1.807) is 13.0 Å². The first-order valence-corrected chi connectivity index (χ1v) is 15.7. The molecule has 3 nitrogen and oxygen atoms in total. The second-order valence-electron chi connectivity index (χ2n) is 14.1. The Kier molecular flexibility index (Phi) is 12.8. The molecule has 0 saturated heterocycles. The van der Waals surface area contributed by atoms with Gasteiger partial charge in [0.15, 0.2) is 0 Å².